The molecular formula is C5H7FN2O. The van der Waals surface area contributed by atoms with Gasteiger partial charge in [0.2, 0.25) is 5.90 Å². The van der Waals surface area contributed by atoms with Crippen molar-refractivity contribution in [2.45, 2.75) is 6.92 Å². The quantitative estimate of drug-likeness (QED) is 0.516. The lowest BCUT2D eigenvalue weighted by atomic mass is 10.4. The molecule has 0 aliphatic carbocycles. The van der Waals surface area contributed by atoms with Crippen molar-refractivity contribution in [3.8, 4) is 0 Å². The molecule has 1 heterocycles. The van der Waals surface area contributed by atoms with Crippen LogP contribution in [0.25, 0.3) is 0 Å². The van der Waals surface area contributed by atoms with Crippen molar-refractivity contribution in [1.82, 2.24) is 0 Å². The summed E-state index contributed by atoms with van der Waals surface area (Å²) in [5, 5.41) is 7.06. The lowest BCUT2D eigenvalue weighted by Crippen LogP contribution is -2.16. The van der Waals surface area contributed by atoms with Crippen molar-refractivity contribution >= 4 is 11.6 Å². The Balaban J connectivity index is 2.59. The maximum atomic E-state index is 11.7. The van der Waals surface area contributed by atoms with Gasteiger partial charge in [-0.15, -0.1) is 5.10 Å². The molecule has 0 saturated carbocycles. The monoisotopic (exact) mass is 130 g/mol. The summed E-state index contributed by atoms with van der Waals surface area (Å²) in [6.45, 7) is 1.47. The van der Waals surface area contributed by atoms with Gasteiger partial charge in [0.15, 0.2) is 6.67 Å². The molecular weight excluding hydrogens is 123 g/mol. The predicted molar refractivity (Wildman–Crippen MR) is 32.5 cm³/mol. The van der Waals surface area contributed by atoms with Crippen LogP contribution in [0.5, 0.6) is 0 Å². The first-order chi connectivity index (χ1) is 4.33. The zero-order valence-electron chi connectivity index (χ0n) is 5.09. The third kappa shape index (κ3) is 1.48. The number of hydrogen-bond acceptors (Lipinski definition) is 3. The standard InChI is InChI=1S/C5H7FN2O/c1-4-3-9-5(2-6)8-7-4/h2-3H2,1H3. The number of rotatable bonds is 1. The van der Waals surface area contributed by atoms with Crippen molar-refractivity contribution in [2.24, 2.45) is 10.2 Å². The van der Waals surface area contributed by atoms with Crippen molar-refractivity contribution < 1.29 is 9.13 Å². The Morgan fingerprint density at radius 3 is 2.89 bits per heavy atom. The molecule has 1 aliphatic heterocycles. The van der Waals surface area contributed by atoms with Crippen LogP contribution in [0.3, 0.4) is 0 Å². The Kier molecular flexibility index (Phi) is 1.77. The fourth-order valence-corrected chi connectivity index (χ4v) is 0.452. The molecule has 0 bridgehead atoms. The molecule has 0 aromatic heterocycles. The second kappa shape index (κ2) is 2.57. The first kappa shape index (κ1) is 6.19. The minimum Gasteiger partial charge on any atom is -0.472 e. The molecule has 0 spiro atoms. The van der Waals surface area contributed by atoms with Gasteiger partial charge in [0.25, 0.3) is 0 Å². The fraction of sp³-hybridized carbons (Fsp3) is 0.600. The van der Waals surface area contributed by atoms with Crippen molar-refractivity contribution in [1.29, 1.82) is 0 Å². The van der Waals surface area contributed by atoms with Gasteiger partial charge in [0.05, 0.1) is 5.71 Å². The highest BCUT2D eigenvalue weighted by atomic mass is 19.1. The summed E-state index contributed by atoms with van der Waals surface area (Å²) in [5.41, 5.74) is 0.771. The third-order valence-corrected chi connectivity index (χ3v) is 0.894. The average Bonchev–Trinajstić information content (AvgIpc) is 1.90. The highest BCUT2D eigenvalue weighted by Crippen LogP contribution is 1.94. The summed E-state index contributed by atoms with van der Waals surface area (Å²) in [6, 6.07) is 0. The Morgan fingerprint density at radius 2 is 2.44 bits per heavy atom. The molecule has 0 aromatic carbocycles. The largest absolute Gasteiger partial charge is 0.472 e. The van der Waals surface area contributed by atoms with Crippen LogP contribution in [-0.2, 0) is 4.74 Å². The molecule has 50 valence electrons. The van der Waals surface area contributed by atoms with E-state index in [2.05, 4.69) is 10.2 Å². The molecule has 0 radical (unpaired) electrons. The Bertz CT molecular complexity index is 164. The van der Waals surface area contributed by atoms with E-state index in [0.29, 0.717) is 6.61 Å². The molecule has 0 fully saturated rings. The molecule has 0 atom stereocenters. The van der Waals surface area contributed by atoms with Gasteiger partial charge >= 0.3 is 0 Å². The molecule has 0 aromatic rings. The van der Waals surface area contributed by atoms with Gasteiger partial charge in [-0.25, -0.2) is 4.39 Å². The van der Waals surface area contributed by atoms with E-state index in [9.17, 15) is 4.39 Å². The van der Waals surface area contributed by atoms with Crippen LogP contribution in [-0.4, -0.2) is 24.9 Å². The predicted octanol–water partition coefficient (Wildman–Crippen LogP) is 0.761. The van der Waals surface area contributed by atoms with Gasteiger partial charge in [-0.2, -0.15) is 5.10 Å². The SMILES string of the molecule is CC1=NN=C(CF)OC1. The number of halogens is 1. The van der Waals surface area contributed by atoms with Crippen molar-refractivity contribution in [3.05, 3.63) is 0 Å². The van der Waals surface area contributed by atoms with Crippen LogP contribution in [0.2, 0.25) is 0 Å². The summed E-state index contributed by atoms with van der Waals surface area (Å²) in [7, 11) is 0. The summed E-state index contributed by atoms with van der Waals surface area (Å²) in [6.07, 6.45) is 0. The molecule has 0 N–H and O–H groups in total. The van der Waals surface area contributed by atoms with Gasteiger partial charge in [-0.05, 0) is 6.92 Å². The molecule has 4 heteroatoms. The summed E-state index contributed by atoms with van der Waals surface area (Å²) < 4.78 is 16.5. The normalized spacial score (nSPS) is 18.0. The molecule has 1 aliphatic rings. The van der Waals surface area contributed by atoms with Crippen molar-refractivity contribution in [2.75, 3.05) is 13.3 Å². The average molecular weight is 130 g/mol. The first-order valence-electron chi connectivity index (χ1n) is 2.61. The second-order valence-corrected chi connectivity index (χ2v) is 1.75. The van der Waals surface area contributed by atoms with E-state index in [1.54, 1.807) is 6.92 Å². The first-order valence-corrected chi connectivity index (χ1v) is 2.61. The van der Waals surface area contributed by atoms with E-state index in [0.717, 1.165) is 5.71 Å². The Labute approximate surface area is 52.2 Å². The van der Waals surface area contributed by atoms with E-state index in [1.807, 2.05) is 0 Å². The minimum absolute atomic E-state index is 0.0700. The third-order valence-electron chi connectivity index (χ3n) is 0.894. The van der Waals surface area contributed by atoms with E-state index in [4.69, 9.17) is 4.74 Å². The highest BCUT2D eigenvalue weighted by molar-refractivity contribution is 5.89. The van der Waals surface area contributed by atoms with E-state index in [1.165, 1.54) is 0 Å². The number of ether oxygens (including phenoxy) is 1. The maximum absolute atomic E-state index is 11.7. The van der Waals surface area contributed by atoms with Gasteiger partial charge in [-0.1, -0.05) is 0 Å². The maximum Gasteiger partial charge on any atom is 0.240 e. The van der Waals surface area contributed by atoms with Crippen LogP contribution in [0, 0.1) is 0 Å². The lowest BCUT2D eigenvalue weighted by Gasteiger charge is -2.07. The number of nitrogens with zero attached hydrogens (tertiary/aromatic N) is 2. The Morgan fingerprint density at radius 1 is 1.67 bits per heavy atom. The van der Waals surface area contributed by atoms with Crippen molar-refractivity contribution in [3.63, 3.8) is 0 Å². The Hall–Kier alpha value is -0.930. The van der Waals surface area contributed by atoms with Gasteiger partial charge in [0.1, 0.15) is 6.61 Å². The molecule has 1 rings (SSSR count). The zero-order valence-corrected chi connectivity index (χ0v) is 5.09. The number of hydrogen-bond donors (Lipinski definition) is 0. The zero-order chi connectivity index (χ0) is 6.69. The molecule has 0 amide bonds. The van der Waals surface area contributed by atoms with E-state index in [-0.39, 0.29) is 5.90 Å². The van der Waals surface area contributed by atoms with E-state index >= 15 is 0 Å². The summed E-state index contributed by atoms with van der Waals surface area (Å²) in [4.78, 5) is 0. The van der Waals surface area contributed by atoms with Crippen LogP contribution in [0.4, 0.5) is 4.39 Å². The van der Waals surface area contributed by atoms with E-state index < -0.39 is 6.67 Å². The molecule has 3 nitrogen and oxygen atoms in total. The second-order valence-electron chi connectivity index (χ2n) is 1.75. The van der Waals surface area contributed by atoms with Gasteiger partial charge < -0.3 is 4.74 Å². The smallest absolute Gasteiger partial charge is 0.240 e. The highest BCUT2D eigenvalue weighted by Gasteiger charge is 2.04. The number of alkyl halides is 1. The lowest BCUT2D eigenvalue weighted by molar-refractivity contribution is 0.328. The van der Waals surface area contributed by atoms with Gasteiger partial charge in [0, 0.05) is 0 Å². The van der Waals surface area contributed by atoms with Crippen LogP contribution in [0.15, 0.2) is 10.2 Å². The van der Waals surface area contributed by atoms with Crippen LogP contribution >= 0.6 is 0 Å². The molecule has 0 unspecified atom stereocenters. The van der Waals surface area contributed by atoms with Gasteiger partial charge in [-0.3, -0.25) is 0 Å². The minimum atomic E-state index is -0.670. The fourth-order valence-electron chi connectivity index (χ4n) is 0.452. The summed E-state index contributed by atoms with van der Waals surface area (Å²) >= 11 is 0. The topological polar surface area (TPSA) is 34.0 Å². The van der Waals surface area contributed by atoms with Crippen LogP contribution < -0.4 is 0 Å². The molecule has 9 heavy (non-hydrogen) atoms. The van der Waals surface area contributed by atoms with Crippen LogP contribution in [0.1, 0.15) is 6.92 Å². The summed E-state index contributed by atoms with van der Waals surface area (Å²) in [5.74, 6) is 0.0700. The molecule has 0 saturated heterocycles.